The first-order valence-corrected chi connectivity index (χ1v) is 8.93. The van der Waals surface area contributed by atoms with Crippen molar-refractivity contribution >= 4 is 17.4 Å². The van der Waals surface area contributed by atoms with E-state index in [1.807, 2.05) is 6.07 Å². The van der Waals surface area contributed by atoms with E-state index in [0.717, 1.165) is 11.3 Å². The van der Waals surface area contributed by atoms with Gasteiger partial charge >= 0.3 is 0 Å². The van der Waals surface area contributed by atoms with Gasteiger partial charge in [0.25, 0.3) is 5.91 Å². The molecule has 0 aliphatic carbocycles. The summed E-state index contributed by atoms with van der Waals surface area (Å²) in [6, 6.07) is 11.5. The van der Waals surface area contributed by atoms with E-state index in [1.165, 1.54) is 24.5 Å². The number of amides is 1. The SMILES string of the molecule is COc1ccc(Nc2cnc(C(=O)NCCc3ccc(F)cc3)cn2)cc1OC. The van der Waals surface area contributed by atoms with Gasteiger partial charge in [-0.2, -0.15) is 0 Å². The molecule has 0 spiro atoms. The van der Waals surface area contributed by atoms with Crippen LogP contribution in [0.15, 0.2) is 54.9 Å². The molecule has 8 heteroatoms. The van der Waals surface area contributed by atoms with E-state index in [9.17, 15) is 9.18 Å². The van der Waals surface area contributed by atoms with Crippen LogP contribution >= 0.6 is 0 Å². The molecule has 0 bridgehead atoms. The maximum atomic E-state index is 12.9. The van der Waals surface area contributed by atoms with Crippen molar-refractivity contribution in [2.45, 2.75) is 6.42 Å². The molecule has 0 aliphatic heterocycles. The molecule has 0 radical (unpaired) electrons. The monoisotopic (exact) mass is 396 g/mol. The Kier molecular flexibility index (Phi) is 6.57. The van der Waals surface area contributed by atoms with Gasteiger partial charge in [-0.25, -0.2) is 14.4 Å². The van der Waals surface area contributed by atoms with E-state index >= 15 is 0 Å². The van der Waals surface area contributed by atoms with Crippen LogP contribution in [0.1, 0.15) is 16.1 Å². The largest absolute Gasteiger partial charge is 0.493 e. The zero-order valence-electron chi connectivity index (χ0n) is 16.1. The van der Waals surface area contributed by atoms with Crippen LogP contribution in [0.25, 0.3) is 0 Å². The van der Waals surface area contributed by atoms with E-state index in [2.05, 4.69) is 20.6 Å². The summed E-state index contributed by atoms with van der Waals surface area (Å²) >= 11 is 0. The third-order valence-electron chi connectivity index (χ3n) is 4.15. The Morgan fingerprint density at radius 3 is 2.41 bits per heavy atom. The fourth-order valence-electron chi connectivity index (χ4n) is 2.63. The van der Waals surface area contributed by atoms with Gasteiger partial charge in [0.15, 0.2) is 11.5 Å². The molecule has 0 aliphatic rings. The minimum absolute atomic E-state index is 0.210. The van der Waals surface area contributed by atoms with Gasteiger partial charge in [0.2, 0.25) is 0 Å². The number of ether oxygens (including phenoxy) is 2. The average molecular weight is 396 g/mol. The third kappa shape index (κ3) is 5.41. The first-order valence-electron chi connectivity index (χ1n) is 8.93. The summed E-state index contributed by atoms with van der Waals surface area (Å²) in [4.78, 5) is 20.6. The van der Waals surface area contributed by atoms with E-state index in [4.69, 9.17) is 9.47 Å². The van der Waals surface area contributed by atoms with Crippen LogP contribution < -0.4 is 20.1 Å². The molecule has 1 amide bonds. The highest BCUT2D eigenvalue weighted by atomic mass is 19.1. The van der Waals surface area contributed by atoms with Crippen molar-refractivity contribution in [2.24, 2.45) is 0 Å². The summed E-state index contributed by atoms with van der Waals surface area (Å²) in [5.41, 5.74) is 1.89. The van der Waals surface area contributed by atoms with Crippen molar-refractivity contribution in [3.05, 3.63) is 71.9 Å². The highest BCUT2D eigenvalue weighted by molar-refractivity contribution is 5.92. The number of carbonyl (C=O) groups is 1. The van der Waals surface area contributed by atoms with Crippen LogP contribution in [0, 0.1) is 5.82 Å². The lowest BCUT2D eigenvalue weighted by molar-refractivity contribution is 0.0949. The molecule has 0 saturated heterocycles. The van der Waals surface area contributed by atoms with Gasteiger partial charge in [-0.1, -0.05) is 12.1 Å². The molecule has 0 atom stereocenters. The molecular weight excluding hydrogens is 375 g/mol. The second-order valence-electron chi connectivity index (χ2n) is 6.11. The second-order valence-corrected chi connectivity index (χ2v) is 6.11. The minimum Gasteiger partial charge on any atom is -0.493 e. The minimum atomic E-state index is -0.322. The predicted octanol–water partition coefficient (Wildman–Crippen LogP) is 3.35. The smallest absolute Gasteiger partial charge is 0.271 e. The number of rotatable bonds is 8. The normalized spacial score (nSPS) is 10.3. The highest BCUT2D eigenvalue weighted by Gasteiger charge is 2.09. The Hall–Kier alpha value is -3.68. The van der Waals surface area contributed by atoms with Gasteiger partial charge in [0, 0.05) is 18.3 Å². The second kappa shape index (κ2) is 9.50. The molecule has 2 aromatic carbocycles. The lowest BCUT2D eigenvalue weighted by atomic mass is 10.1. The fraction of sp³-hybridized carbons (Fsp3) is 0.190. The van der Waals surface area contributed by atoms with Crippen LogP contribution in [0.4, 0.5) is 15.9 Å². The van der Waals surface area contributed by atoms with Gasteiger partial charge < -0.3 is 20.1 Å². The van der Waals surface area contributed by atoms with Crippen LogP contribution in [0.2, 0.25) is 0 Å². The van der Waals surface area contributed by atoms with Gasteiger partial charge in [-0.3, -0.25) is 4.79 Å². The maximum Gasteiger partial charge on any atom is 0.271 e. The van der Waals surface area contributed by atoms with Crippen LogP contribution in [-0.2, 0) is 6.42 Å². The molecule has 0 saturated carbocycles. The zero-order chi connectivity index (χ0) is 20.6. The lowest BCUT2D eigenvalue weighted by Crippen LogP contribution is -2.26. The molecule has 0 fully saturated rings. The quantitative estimate of drug-likeness (QED) is 0.607. The molecule has 1 aromatic heterocycles. The Morgan fingerprint density at radius 2 is 1.76 bits per heavy atom. The van der Waals surface area contributed by atoms with Crippen molar-refractivity contribution < 1.29 is 18.7 Å². The molecule has 7 nitrogen and oxygen atoms in total. The first kappa shape index (κ1) is 20.1. The van der Waals surface area contributed by atoms with Gasteiger partial charge in [0.1, 0.15) is 17.3 Å². The number of aromatic nitrogens is 2. The zero-order valence-corrected chi connectivity index (χ0v) is 16.1. The number of hydrogen-bond donors (Lipinski definition) is 2. The molecule has 3 aromatic rings. The van der Waals surface area contributed by atoms with E-state index in [0.29, 0.717) is 30.3 Å². The number of nitrogens with one attached hydrogen (secondary N) is 2. The summed E-state index contributed by atoms with van der Waals surface area (Å²) in [6.07, 6.45) is 3.47. The fourth-order valence-corrected chi connectivity index (χ4v) is 2.63. The number of methoxy groups -OCH3 is 2. The summed E-state index contributed by atoms with van der Waals surface area (Å²) in [6.45, 7) is 0.414. The first-order chi connectivity index (χ1) is 14.1. The van der Waals surface area contributed by atoms with E-state index < -0.39 is 0 Å². The van der Waals surface area contributed by atoms with Crippen molar-refractivity contribution in [1.82, 2.24) is 15.3 Å². The third-order valence-corrected chi connectivity index (χ3v) is 4.15. The van der Waals surface area contributed by atoms with Crippen molar-refractivity contribution in [2.75, 3.05) is 26.1 Å². The maximum absolute atomic E-state index is 12.9. The molecule has 29 heavy (non-hydrogen) atoms. The Balaban J connectivity index is 1.55. The van der Waals surface area contributed by atoms with E-state index in [-0.39, 0.29) is 17.4 Å². The summed E-state index contributed by atoms with van der Waals surface area (Å²) < 4.78 is 23.4. The summed E-state index contributed by atoms with van der Waals surface area (Å²) in [5, 5.41) is 5.87. The Labute approximate surface area is 167 Å². The number of benzene rings is 2. The number of halogens is 1. The molecule has 1 heterocycles. The summed E-state index contributed by atoms with van der Waals surface area (Å²) in [5.74, 6) is 1.09. The van der Waals surface area contributed by atoms with Crippen LogP contribution in [0.3, 0.4) is 0 Å². The topological polar surface area (TPSA) is 85.4 Å². The van der Waals surface area contributed by atoms with Gasteiger partial charge in [-0.15, -0.1) is 0 Å². The predicted molar refractivity (Wildman–Crippen MR) is 107 cm³/mol. The Bertz CT molecular complexity index is 963. The van der Waals surface area contributed by atoms with Crippen molar-refractivity contribution in [3.8, 4) is 11.5 Å². The van der Waals surface area contributed by atoms with Gasteiger partial charge in [0.05, 0.1) is 26.6 Å². The molecular formula is C21H21FN4O3. The standard InChI is InChI=1S/C21H21FN4O3/c1-28-18-8-7-16(11-19(18)29-2)26-20-13-24-17(12-25-20)21(27)23-10-9-14-3-5-15(22)6-4-14/h3-8,11-13H,9-10H2,1-2H3,(H,23,27)(H,25,26). The molecule has 3 rings (SSSR count). The lowest BCUT2D eigenvalue weighted by Gasteiger charge is -2.11. The van der Waals surface area contributed by atoms with Crippen molar-refractivity contribution in [1.29, 1.82) is 0 Å². The van der Waals surface area contributed by atoms with Crippen LogP contribution in [0.5, 0.6) is 11.5 Å². The molecule has 2 N–H and O–H groups in total. The highest BCUT2D eigenvalue weighted by Crippen LogP contribution is 2.30. The van der Waals surface area contributed by atoms with E-state index in [1.54, 1.807) is 38.5 Å². The molecule has 0 unspecified atom stereocenters. The number of carbonyl (C=O) groups excluding carboxylic acids is 1. The number of hydrogen-bond acceptors (Lipinski definition) is 6. The summed E-state index contributed by atoms with van der Waals surface area (Å²) in [7, 11) is 3.13. The molecule has 150 valence electrons. The van der Waals surface area contributed by atoms with Crippen molar-refractivity contribution in [3.63, 3.8) is 0 Å². The van der Waals surface area contributed by atoms with Gasteiger partial charge in [-0.05, 0) is 36.2 Å². The number of nitrogens with zero attached hydrogens (tertiary/aromatic N) is 2. The Morgan fingerprint density at radius 1 is 1.00 bits per heavy atom. The number of anilines is 2. The van der Waals surface area contributed by atoms with Crippen LogP contribution in [-0.4, -0.2) is 36.6 Å². The average Bonchev–Trinajstić information content (AvgIpc) is 2.75.